The molecule has 1 saturated heterocycles. The largest absolute Gasteiger partial charge is 0.468 e. The molecule has 1 aromatic heterocycles. The van der Waals surface area contributed by atoms with E-state index in [0.29, 0.717) is 35.6 Å². The average molecular weight is 653 g/mol. The zero-order valence-corrected chi connectivity index (χ0v) is 28.8. The molecule has 0 spiro atoms. The highest BCUT2D eigenvalue weighted by atomic mass is 16.7. The van der Waals surface area contributed by atoms with Crippen LogP contribution in [0, 0.1) is 0 Å². The maximum absolute atomic E-state index is 13.6. The summed E-state index contributed by atoms with van der Waals surface area (Å²) in [6, 6.07) is 9.56. The number of nitrogens with one attached hydrogen (secondary N) is 2. The molecule has 12 nitrogen and oxygen atoms in total. The van der Waals surface area contributed by atoms with Crippen LogP contribution in [0.15, 0.2) is 30.3 Å². The van der Waals surface area contributed by atoms with E-state index in [1.165, 1.54) is 6.42 Å². The highest BCUT2D eigenvalue weighted by Gasteiger charge is 2.37. The molecule has 1 aromatic carbocycles. The number of aliphatic hydroxyl groups excluding tert-OH is 1. The number of piperazine rings is 1. The summed E-state index contributed by atoms with van der Waals surface area (Å²) in [6.45, 7) is 13.7. The molecular weight excluding hydrogens is 600 g/mol. The minimum atomic E-state index is -1.04. The Morgan fingerprint density at radius 2 is 1.81 bits per heavy atom. The van der Waals surface area contributed by atoms with E-state index in [4.69, 9.17) is 19.2 Å². The molecule has 1 unspecified atom stereocenters. The summed E-state index contributed by atoms with van der Waals surface area (Å²) in [4.78, 5) is 38.1. The molecule has 2 fully saturated rings. The maximum atomic E-state index is 13.6. The Hall–Kier alpha value is -3.61. The molecule has 258 valence electrons. The summed E-state index contributed by atoms with van der Waals surface area (Å²) < 4.78 is 16.4. The number of anilines is 2. The Morgan fingerprint density at radius 3 is 2.45 bits per heavy atom. The van der Waals surface area contributed by atoms with E-state index < -0.39 is 23.8 Å². The minimum absolute atomic E-state index is 0.0384. The molecule has 0 radical (unpaired) electrons. The van der Waals surface area contributed by atoms with Gasteiger partial charge in [-0.15, -0.1) is 0 Å². The highest BCUT2D eigenvalue weighted by molar-refractivity contribution is 5.95. The molecule has 47 heavy (non-hydrogen) atoms. The number of nitrogens with zero attached hydrogens (tertiary/aromatic N) is 4. The molecule has 3 aliphatic rings. The van der Waals surface area contributed by atoms with Crippen molar-refractivity contribution in [1.29, 1.82) is 0 Å². The third-order valence-electron chi connectivity index (χ3n) is 9.13. The van der Waals surface area contributed by atoms with Crippen molar-refractivity contribution in [3.05, 3.63) is 47.0 Å². The van der Waals surface area contributed by atoms with Crippen LogP contribution >= 0.6 is 0 Å². The molecule has 3 heterocycles. The first-order chi connectivity index (χ1) is 22.4. The smallest absolute Gasteiger partial charge is 0.410 e. The van der Waals surface area contributed by atoms with Crippen LogP contribution in [-0.2, 0) is 22.4 Å². The molecule has 2 aromatic rings. The Kier molecular flexibility index (Phi) is 11.1. The van der Waals surface area contributed by atoms with E-state index in [0.717, 1.165) is 56.0 Å². The van der Waals surface area contributed by atoms with E-state index in [9.17, 15) is 14.7 Å². The van der Waals surface area contributed by atoms with Crippen LogP contribution in [0.25, 0.3) is 0 Å². The van der Waals surface area contributed by atoms with Gasteiger partial charge in [-0.05, 0) is 95.7 Å². The second-order valence-electron chi connectivity index (χ2n) is 14.1. The summed E-state index contributed by atoms with van der Waals surface area (Å²) in [5.41, 5.74) is 1.67. The number of aromatic nitrogens is 1. The second kappa shape index (κ2) is 15.1. The molecule has 2 amide bonds. The van der Waals surface area contributed by atoms with Crippen LogP contribution < -0.4 is 20.3 Å². The van der Waals surface area contributed by atoms with Gasteiger partial charge in [0.2, 0.25) is 0 Å². The lowest BCUT2D eigenvalue weighted by Crippen LogP contribution is -2.54. The van der Waals surface area contributed by atoms with Gasteiger partial charge in [-0.2, -0.15) is 0 Å². The van der Waals surface area contributed by atoms with Crippen LogP contribution in [0.4, 0.5) is 16.4 Å². The average Bonchev–Trinajstić information content (AvgIpc) is 3.02. The molecule has 12 heteroatoms. The first kappa shape index (κ1) is 34.7. The number of carbonyl (C=O) groups is 2. The summed E-state index contributed by atoms with van der Waals surface area (Å²) in [5, 5.41) is 17.9. The predicted octanol–water partition coefficient (Wildman–Crippen LogP) is 4.01. The van der Waals surface area contributed by atoms with Gasteiger partial charge in [0.1, 0.15) is 23.0 Å². The van der Waals surface area contributed by atoms with Gasteiger partial charge in [-0.1, -0.05) is 6.07 Å². The summed E-state index contributed by atoms with van der Waals surface area (Å²) in [6.07, 6.45) is 2.20. The van der Waals surface area contributed by atoms with Crippen LogP contribution in [0.2, 0.25) is 0 Å². The van der Waals surface area contributed by atoms with E-state index in [-0.39, 0.29) is 25.8 Å². The number of rotatable bonds is 11. The lowest BCUT2D eigenvalue weighted by atomic mass is 9.91. The number of hydrogen-bond donors (Lipinski definition) is 3. The van der Waals surface area contributed by atoms with Crippen LogP contribution in [-0.4, -0.2) is 108 Å². The number of aliphatic hydroxyl groups is 1. The van der Waals surface area contributed by atoms with Crippen molar-refractivity contribution in [3.8, 4) is 5.75 Å². The summed E-state index contributed by atoms with van der Waals surface area (Å²) in [7, 11) is 1.56. The van der Waals surface area contributed by atoms with Crippen molar-refractivity contribution < 1.29 is 28.9 Å². The number of fused-ring (bicyclic) bond motifs is 1. The quantitative estimate of drug-likeness (QED) is 0.307. The van der Waals surface area contributed by atoms with Gasteiger partial charge in [0.15, 0.2) is 6.79 Å². The molecule has 1 aliphatic carbocycles. The van der Waals surface area contributed by atoms with Crippen LogP contribution in [0.3, 0.4) is 0 Å². The minimum Gasteiger partial charge on any atom is -0.468 e. The maximum Gasteiger partial charge on any atom is 0.410 e. The fraction of sp³-hybridized carbons (Fsp3) is 0.629. The van der Waals surface area contributed by atoms with Gasteiger partial charge in [0.05, 0.1) is 12.1 Å². The normalized spacial score (nSPS) is 19.5. The number of benzene rings is 1. The third kappa shape index (κ3) is 9.05. The fourth-order valence-corrected chi connectivity index (χ4v) is 6.21. The SMILES string of the molecule is COCOc1ccc2c(c1)CN(C(=O)OC(C)(C)C)C([C@H](O)CNC(=O)c1cc(NC3CCC3)nc(N3CCN(C(C)C)CC3)c1)C2. The standard InChI is InChI=1S/C35H52N6O6/c1-23(2)39-12-14-40(15-13-39)32-19-25(18-31(38-32)37-27-8-7-9-27)33(43)36-20-30(42)29-17-24-10-11-28(46-22-45-6)16-26(24)21-41(29)34(44)47-35(3,4)5/h10-11,16,18-19,23,27,29-30,42H,7-9,12-15,17,20-22H2,1-6H3,(H,36,43)(H,37,38)/t29?,30-/m1/s1. The van der Waals surface area contributed by atoms with Crippen molar-refractivity contribution in [2.75, 3.05) is 56.8 Å². The van der Waals surface area contributed by atoms with Crippen LogP contribution in [0.1, 0.15) is 75.4 Å². The monoisotopic (exact) mass is 652 g/mol. The van der Waals surface area contributed by atoms with Crippen molar-refractivity contribution >= 4 is 23.6 Å². The summed E-state index contributed by atoms with van der Waals surface area (Å²) >= 11 is 0. The van der Waals surface area contributed by atoms with Gasteiger partial charge >= 0.3 is 6.09 Å². The van der Waals surface area contributed by atoms with E-state index in [1.54, 1.807) is 18.1 Å². The first-order valence-electron chi connectivity index (χ1n) is 16.9. The zero-order chi connectivity index (χ0) is 33.7. The predicted molar refractivity (Wildman–Crippen MR) is 181 cm³/mol. The molecule has 5 rings (SSSR count). The van der Waals surface area contributed by atoms with E-state index in [1.807, 2.05) is 45.0 Å². The van der Waals surface area contributed by atoms with Gasteiger partial charge in [0, 0.05) is 64.0 Å². The molecule has 0 bridgehead atoms. The fourth-order valence-electron chi connectivity index (χ4n) is 6.21. The third-order valence-corrected chi connectivity index (χ3v) is 9.13. The first-order valence-corrected chi connectivity index (χ1v) is 16.9. The van der Waals surface area contributed by atoms with Crippen LogP contribution in [0.5, 0.6) is 5.75 Å². The van der Waals surface area contributed by atoms with Gasteiger partial charge in [-0.3, -0.25) is 14.6 Å². The van der Waals surface area contributed by atoms with Crippen molar-refractivity contribution in [3.63, 3.8) is 0 Å². The molecule has 3 N–H and O–H groups in total. The zero-order valence-electron chi connectivity index (χ0n) is 28.8. The number of ether oxygens (including phenoxy) is 3. The molecule has 2 aliphatic heterocycles. The highest BCUT2D eigenvalue weighted by Crippen LogP contribution is 2.30. The Balaban J connectivity index is 1.30. The number of carbonyl (C=O) groups excluding carboxylic acids is 2. The molecule has 1 saturated carbocycles. The second-order valence-corrected chi connectivity index (χ2v) is 14.1. The number of pyridine rings is 1. The Bertz CT molecular complexity index is 1390. The number of methoxy groups -OCH3 is 1. The van der Waals surface area contributed by atoms with E-state index >= 15 is 0 Å². The Labute approximate surface area is 278 Å². The summed E-state index contributed by atoms with van der Waals surface area (Å²) in [5.74, 6) is 1.80. The van der Waals surface area contributed by atoms with Crippen molar-refractivity contribution in [2.24, 2.45) is 0 Å². The van der Waals surface area contributed by atoms with Crippen molar-refractivity contribution in [2.45, 2.75) is 96.7 Å². The lowest BCUT2D eigenvalue weighted by molar-refractivity contribution is -0.0114. The number of hydrogen-bond acceptors (Lipinski definition) is 10. The topological polar surface area (TPSA) is 129 Å². The van der Waals surface area contributed by atoms with Gasteiger partial charge in [0.25, 0.3) is 5.91 Å². The van der Waals surface area contributed by atoms with Gasteiger partial charge in [-0.25, -0.2) is 9.78 Å². The van der Waals surface area contributed by atoms with Gasteiger partial charge < -0.3 is 34.9 Å². The Morgan fingerprint density at radius 1 is 1.06 bits per heavy atom. The molecule has 2 atom stereocenters. The molecular formula is C35H52N6O6. The van der Waals surface area contributed by atoms with E-state index in [2.05, 4.69) is 34.3 Å². The van der Waals surface area contributed by atoms with Crippen molar-refractivity contribution in [1.82, 2.24) is 20.1 Å². The lowest BCUT2D eigenvalue weighted by Gasteiger charge is -2.40. The number of amides is 2.